The van der Waals surface area contributed by atoms with E-state index in [4.69, 9.17) is 16.6 Å². The van der Waals surface area contributed by atoms with E-state index in [1.54, 1.807) is 24.3 Å². The molecule has 5 heteroatoms. The van der Waals surface area contributed by atoms with Crippen LogP contribution in [0.3, 0.4) is 0 Å². The van der Waals surface area contributed by atoms with Crippen molar-refractivity contribution >= 4 is 11.9 Å². The zero-order chi connectivity index (χ0) is 12.0. The Morgan fingerprint density at radius 2 is 1.88 bits per heavy atom. The fraction of sp³-hybridized carbons (Fsp3) is 0.273. The summed E-state index contributed by atoms with van der Waals surface area (Å²) < 4.78 is 0. The van der Waals surface area contributed by atoms with E-state index in [-0.39, 0.29) is 5.96 Å². The number of carbonyl (C=O) groups is 1. The average molecular weight is 221 g/mol. The van der Waals surface area contributed by atoms with Crippen LogP contribution >= 0.6 is 0 Å². The number of nitrogens with two attached hydrogens (primary N) is 2. The lowest BCUT2D eigenvalue weighted by molar-refractivity contribution is 0.0697. The van der Waals surface area contributed by atoms with Crippen LogP contribution in [0, 0.1) is 0 Å². The van der Waals surface area contributed by atoms with E-state index in [9.17, 15) is 4.79 Å². The zero-order valence-corrected chi connectivity index (χ0v) is 8.89. The maximum absolute atomic E-state index is 10.6. The van der Waals surface area contributed by atoms with Crippen molar-refractivity contribution in [2.75, 3.05) is 6.54 Å². The lowest BCUT2D eigenvalue weighted by Crippen LogP contribution is -2.23. The first-order chi connectivity index (χ1) is 7.59. The van der Waals surface area contributed by atoms with Crippen LogP contribution in [0.5, 0.6) is 0 Å². The second kappa shape index (κ2) is 5.75. The van der Waals surface area contributed by atoms with Gasteiger partial charge in [0.25, 0.3) is 0 Å². The molecule has 0 aliphatic rings. The van der Waals surface area contributed by atoms with Crippen LogP contribution in [0.25, 0.3) is 0 Å². The number of benzene rings is 1. The first kappa shape index (κ1) is 12.0. The van der Waals surface area contributed by atoms with Gasteiger partial charge in [0.2, 0.25) is 0 Å². The molecule has 0 aliphatic heterocycles. The number of carboxylic acid groups (broad SMARTS) is 1. The van der Waals surface area contributed by atoms with Gasteiger partial charge in [0, 0.05) is 6.54 Å². The second-order valence-electron chi connectivity index (χ2n) is 3.41. The van der Waals surface area contributed by atoms with Crippen LogP contribution < -0.4 is 11.5 Å². The van der Waals surface area contributed by atoms with Crippen molar-refractivity contribution in [2.45, 2.75) is 12.8 Å². The van der Waals surface area contributed by atoms with Crippen molar-refractivity contribution in [3.8, 4) is 0 Å². The van der Waals surface area contributed by atoms with Crippen LogP contribution in [-0.2, 0) is 6.42 Å². The third-order valence-electron chi connectivity index (χ3n) is 2.12. The summed E-state index contributed by atoms with van der Waals surface area (Å²) in [5, 5.41) is 8.71. The number of hydrogen-bond acceptors (Lipinski definition) is 2. The summed E-state index contributed by atoms with van der Waals surface area (Å²) in [4.78, 5) is 14.5. The van der Waals surface area contributed by atoms with Crippen LogP contribution in [0.4, 0.5) is 0 Å². The third-order valence-corrected chi connectivity index (χ3v) is 2.12. The molecular formula is C11H15N3O2. The van der Waals surface area contributed by atoms with Gasteiger partial charge in [-0.3, -0.25) is 4.99 Å². The summed E-state index contributed by atoms with van der Waals surface area (Å²) in [6.45, 7) is 0.586. The number of carboxylic acids is 1. The molecule has 0 radical (unpaired) electrons. The normalized spacial score (nSPS) is 9.75. The largest absolute Gasteiger partial charge is 0.478 e. The van der Waals surface area contributed by atoms with Crippen molar-refractivity contribution in [1.29, 1.82) is 0 Å². The molecule has 1 rings (SSSR count). The highest BCUT2D eigenvalue weighted by Gasteiger charge is 2.01. The minimum Gasteiger partial charge on any atom is -0.478 e. The minimum atomic E-state index is -0.910. The zero-order valence-electron chi connectivity index (χ0n) is 8.89. The Labute approximate surface area is 93.8 Å². The molecule has 0 unspecified atom stereocenters. The van der Waals surface area contributed by atoms with E-state index < -0.39 is 5.97 Å². The van der Waals surface area contributed by atoms with Gasteiger partial charge in [0.05, 0.1) is 5.56 Å². The van der Waals surface area contributed by atoms with Crippen molar-refractivity contribution in [1.82, 2.24) is 0 Å². The second-order valence-corrected chi connectivity index (χ2v) is 3.41. The summed E-state index contributed by atoms with van der Waals surface area (Å²) in [7, 11) is 0. The monoisotopic (exact) mass is 221 g/mol. The smallest absolute Gasteiger partial charge is 0.335 e. The quantitative estimate of drug-likeness (QED) is 0.384. The molecule has 0 aromatic heterocycles. The van der Waals surface area contributed by atoms with Gasteiger partial charge >= 0.3 is 5.97 Å². The van der Waals surface area contributed by atoms with Gasteiger partial charge in [0.15, 0.2) is 5.96 Å². The molecule has 0 bridgehead atoms. The molecule has 16 heavy (non-hydrogen) atoms. The first-order valence-corrected chi connectivity index (χ1v) is 4.97. The van der Waals surface area contributed by atoms with E-state index in [1.807, 2.05) is 0 Å². The molecule has 1 aromatic carbocycles. The number of aliphatic imine (C=N–C) groups is 1. The van der Waals surface area contributed by atoms with Crippen molar-refractivity contribution < 1.29 is 9.90 Å². The van der Waals surface area contributed by atoms with E-state index in [0.717, 1.165) is 18.4 Å². The summed E-state index contributed by atoms with van der Waals surface area (Å²) in [5.41, 5.74) is 11.8. The Hall–Kier alpha value is -2.04. The maximum Gasteiger partial charge on any atom is 0.335 e. The minimum absolute atomic E-state index is 0.0984. The number of rotatable bonds is 5. The van der Waals surface area contributed by atoms with Gasteiger partial charge in [-0.15, -0.1) is 0 Å². The average Bonchev–Trinajstić information content (AvgIpc) is 2.25. The maximum atomic E-state index is 10.6. The lowest BCUT2D eigenvalue weighted by atomic mass is 10.1. The van der Waals surface area contributed by atoms with E-state index in [0.29, 0.717) is 12.1 Å². The van der Waals surface area contributed by atoms with Crippen LogP contribution in [-0.4, -0.2) is 23.6 Å². The van der Waals surface area contributed by atoms with Gasteiger partial charge in [-0.1, -0.05) is 12.1 Å². The van der Waals surface area contributed by atoms with Gasteiger partial charge in [-0.05, 0) is 30.5 Å². The van der Waals surface area contributed by atoms with Crippen LogP contribution in [0.15, 0.2) is 29.3 Å². The molecule has 0 amide bonds. The highest BCUT2D eigenvalue weighted by Crippen LogP contribution is 2.06. The molecule has 0 aliphatic carbocycles. The van der Waals surface area contributed by atoms with Gasteiger partial charge in [-0.2, -0.15) is 0 Å². The van der Waals surface area contributed by atoms with Crippen molar-refractivity contribution in [3.05, 3.63) is 35.4 Å². The Balaban J connectivity index is 2.44. The number of hydrogen-bond donors (Lipinski definition) is 3. The van der Waals surface area contributed by atoms with Gasteiger partial charge < -0.3 is 16.6 Å². The molecule has 0 atom stereocenters. The number of guanidine groups is 1. The molecule has 5 nitrogen and oxygen atoms in total. The highest BCUT2D eigenvalue weighted by molar-refractivity contribution is 5.87. The molecule has 1 aromatic rings. The Bertz CT molecular complexity index is 381. The third kappa shape index (κ3) is 4.00. The SMILES string of the molecule is NC(N)=NCCCc1ccc(C(=O)O)cc1. The first-order valence-electron chi connectivity index (χ1n) is 4.97. The summed E-state index contributed by atoms with van der Waals surface area (Å²) in [6, 6.07) is 6.80. The summed E-state index contributed by atoms with van der Waals surface area (Å²) in [6.07, 6.45) is 1.67. The molecule has 0 fully saturated rings. The molecule has 0 saturated heterocycles. The Morgan fingerprint density at radius 1 is 1.25 bits per heavy atom. The fourth-order valence-electron chi connectivity index (χ4n) is 1.31. The number of nitrogens with zero attached hydrogens (tertiary/aromatic N) is 1. The lowest BCUT2D eigenvalue weighted by Gasteiger charge is -2.00. The fourth-order valence-corrected chi connectivity index (χ4v) is 1.31. The van der Waals surface area contributed by atoms with Crippen molar-refractivity contribution in [2.24, 2.45) is 16.5 Å². The van der Waals surface area contributed by atoms with Gasteiger partial charge in [-0.25, -0.2) is 4.79 Å². The molecule has 86 valence electrons. The molecule has 0 spiro atoms. The van der Waals surface area contributed by atoms with Crippen LogP contribution in [0.1, 0.15) is 22.3 Å². The summed E-state index contributed by atoms with van der Waals surface area (Å²) >= 11 is 0. The topological polar surface area (TPSA) is 102 Å². The van der Waals surface area contributed by atoms with E-state index in [1.165, 1.54) is 0 Å². The molecule has 0 saturated carbocycles. The standard InChI is InChI=1S/C11H15N3O2/c12-11(13)14-7-1-2-8-3-5-9(6-4-8)10(15)16/h3-6H,1-2,7H2,(H,15,16)(H4,12,13,14). The van der Waals surface area contributed by atoms with Crippen LogP contribution in [0.2, 0.25) is 0 Å². The van der Waals surface area contributed by atoms with Gasteiger partial charge in [0.1, 0.15) is 0 Å². The van der Waals surface area contributed by atoms with Crippen molar-refractivity contribution in [3.63, 3.8) is 0 Å². The summed E-state index contributed by atoms with van der Waals surface area (Å²) in [5.74, 6) is -0.812. The van der Waals surface area contributed by atoms with E-state index in [2.05, 4.69) is 4.99 Å². The van der Waals surface area contributed by atoms with E-state index >= 15 is 0 Å². The molecular weight excluding hydrogens is 206 g/mol. The highest BCUT2D eigenvalue weighted by atomic mass is 16.4. The molecule has 0 heterocycles. The number of aryl methyl sites for hydroxylation is 1. The Kier molecular flexibility index (Phi) is 4.32. The predicted octanol–water partition coefficient (Wildman–Crippen LogP) is 0.591. The predicted molar refractivity (Wildman–Crippen MR) is 62.4 cm³/mol. The number of aromatic carboxylic acids is 1. The Morgan fingerprint density at radius 3 is 2.38 bits per heavy atom. The molecule has 5 N–H and O–H groups in total.